The molecular weight excluding hydrogens is 334 g/mol. The summed E-state index contributed by atoms with van der Waals surface area (Å²) in [6, 6.07) is 7.12. The van der Waals surface area contributed by atoms with E-state index in [0.29, 0.717) is 18.7 Å². The van der Waals surface area contributed by atoms with Gasteiger partial charge in [-0.25, -0.2) is 0 Å². The minimum absolute atomic E-state index is 0.0198. The van der Waals surface area contributed by atoms with Crippen LogP contribution in [0.4, 0.5) is 0 Å². The van der Waals surface area contributed by atoms with Crippen LogP contribution in [-0.4, -0.2) is 37.5 Å². The van der Waals surface area contributed by atoms with Crippen LogP contribution in [0, 0.1) is 0 Å². The number of rotatable bonds is 5. The molecule has 0 aliphatic carbocycles. The van der Waals surface area contributed by atoms with E-state index in [9.17, 15) is 9.59 Å². The Morgan fingerprint density at radius 2 is 2.05 bits per heavy atom. The first-order valence-electron chi connectivity index (χ1n) is 7.21. The standard InChI is InChI=1S/C15H20BrN3O2/c16-12-5-3-4-11(10-12)14(20)18-8-9-19-15(21)13-6-1-2-7-17-13/h3-5,10,13,17H,1-2,6-9H2,(H,18,20)(H,19,21). The summed E-state index contributed by atoms with van der Waals surface area (Å²) in [4.78, 5) is 23.8. The fraction of sp³-hybridized carbons (Fsp3) is 0.467. The lowest BCUT2D eigenvalue weighted by atomic mass is 10.0. The third kappa shape index (κ3) is 5.13. The van der Waals surface area contributed by atoms with Crippen LogP contribution in [0.25, 0.3) is 0 Å². The van der Waals surface area contributed by atoms with Gasteiger partial charge in [0.25, 0.3) is 5.91 Å². The lowest BCUT2D eigenvalue weighted by Gasteiger charge is -2.22. The Morgan fingerprint density at radius 3 is 2.76 bits per heavy atom. The van der Waals surface area contributed by atoms with Crippen LogP contribution in [0.5, 0.6) is 0 Å². The maximum atomic E-state index is 11.9. The van der Waals surface area contributed by atoms with Crippen molar-refractivity contribution < 1.29 is 9.59 Å². The van der Waals surface area contributed by atoms with Gasteiger partial charge in [0.1, 0.15) is 0 Å². The second kappa shape index (κ2) is 8.14. The number of nitrogens with one attached hydrogen (secondary N) is 3. The fourth-order valence-corrected chi connectivity index (χ4v) is 2.69. The molecule has 0 aromatic heterocycles. The first-order valence-corrected chi connectivity index (χ1v) is 8.01. The third-order valence-electron chi connectivity index (χ3n) is 3.42. The van der Waals surface area contributed by atoms with Crippen LogP contribution in [0.2, 0.25) is 0 Å². The normalized spacial score (nSPS) is 18.0. The Bertz CT molecular complexity index is 501. The van der Waals surface area contributed by atoms with Crippen LogP contribution in [0.15, 0.2) is 28.7 Å². The zero-order chi connectivity index (χ0) is 15.1. The lowest BCUT2D eigenvalue weighted by molar-refractivity contribution is -0.123. The molecule has 2 amide bonds. The molecule has 1 atom stereocenters. The van der Waals surface area contributed by atoms with Crippen LogP contribution in [0.1, 0.15) is 29.6 Å². The van der Waals surface area contributed by atoms with Gasteiger partial charge in [0.15, 0.2) is 0 Å². The number of hydrogen-bond donors (Lipinski definition) is 3. The summed E-state index contributed by atoms with van der Waals surface area (Å²) in [7, 11) is 0. The van der Waals surface area contributed by atoms with Gasteiger partial charge in [0.05, 0.1) is 6.04 Å². The van der Waals surface area contributed by atoms with E-state index in [1.54, 1.807) is 12.1 Å². The number of amides is 2. The Balaban J connectivity index is 1.67. The average Bonchev–Trinajstić information content (AvgIpc) is 2.52. The van der Waals surface area contributed by atoms with Gasteiger partial charge in [-0.1, -0.05) is 28.4 Å². The van der Waals surface area contributed by atoms with Gasteiger partial charge >= 0.3 is 0 Å². The second-order valence-corrected chi connectivity index (χ2v) is 5.98. The van der Waals surface area contributed by atoms with Crippen molar-refractivity contribution in [3.63, 3.8) is 0 Å². The van der Waals surface area contributed by atoms with E-state index < -0.39 is 0 Å². The third-order valence-corrected chi connectivity index (χ3v) is 3.92. The van der Waals surface area contributed by atoms with E-state index in [1.807, 2.05) is 12.1 Å². The van der Waals surface area contributed by atoms with Gasteiger partial charge in [-0.05, 0) is 37.6 Å². The molecule has 1 fully saturated rings. The van der Waals surface area contributed by atoms with Crippen molar-refractivity contribution in [2.24, 2.45) is 0 Å². The van der Waals surface area contributed by atoms with Crippen LogP contribution < -0.4 is 16.0 Å². The van der Waals surface area contributed by atoms with Crippen molar-refractivity contribution >= 4 is 27.7 Å². The predicted octanol–water partition coefficient (Wildman–Crippen LogP) is 1.44. The first kappa shape index (κ1) is 16.0. The van der Waals surface area contributed by atoms with Crippen molar-refractivity contribution in [1.82, 2.24) is 16.0 Å². The van der Waals surface area contributed by atoms with Crippen molar-refractivity contribution in [2.45, 2.75) is 25.3 Å². The molecule has 5 nitrogen and oxygen atoms in total. The largest absolute Gasteiger partial charge is 0.353 e. The molecule has 2 rings (SSSR count). The molecule has 0 spiro atoms. The van der Waals surface area contributed by atoms with Gasteiger partial charge in [0.2, 0.25) is 5.91 Å². The summed E-state index contributed by atoms with van der Waals surface area (Å²) >= 11 is 3.33. The van der Waals surface area contributed by atoms with Gasteiger partial charge in [-0.2, -0.15) is 0 Å². The first-order chi connectivity index (χ1) is 10.2. The number of hydrogen-bond acceptors (Lipinski definition) is 3. The van der Waals surface area contributed by atoms with E-state index in [-0.39, 0.29) is 17.9 Å². The molecule has 21 heavy (non-hydrogen) atoms. The van der Waals surface area contributed by atoms with Gasteiger partial charge in [0, 0.05) is 23.1 Å². The molecule has 1 aromatic carbocycles. The summed E-state index contributed by atoms with van der Waals surface area (Å²) in [6.07, 6.45) is 3.10. The van der Waals surface area contributed by atoms with Crippen molar-refractivity contribution in [1.29, 1.82) is 0 Å². The minimum atomic E-state index is -0.138. The molecule has 0 bridgehead atoms. The topological polar surface area (TPSA) is 70.2 Å². The Labute approximate surface area is 133 Å². The Kier molecular flexibility index (Phi) is 6.20. The van der Waals surface area contributed by atoms with Crippen LogP contribution in [-0.2, 0) is 4.79 Å². The second-order valence-electron chi connectivity index (χ2n) is 5.06. The average molecular weight is 354 g/mol. The molecule has 1 saturated heterocycles. The minimum Gasteiger partial charge on any atom is -0.353 e. The van der Waals surface area contributed by atoms with Gasteiger partial charge in [-0.3, -0.25) is 9.59 Å². The van der Waals surface area contributed by atoms with Crippen molar-refractivity contribution in [3.05, 3.63) is 34.3 Å². The maximum Gasteiger partial charge on any atom is 0.251 e. The summed E-state index contributed by atoms with van der Waals surface area (Å²) in [5.41, 5.74) is 0.602. The number of benzene rings is 1. The predicted molar refractivity (Wildman–Crippen MR) is 85.1 cm³/mol. The number of carbonyl (C=O) groups excluding carboxylic acids is 2. The van der Waals surface area contributed by atoms with E-state index in [1.165, 1.54) is 0 Å². The monoisotopic (exact) mass is 353 g/mol. The molecule has 1 heterocycles. The fourth-order valence-electron chi connectivity index (χ4n) is 2.29. The molecule has 6 heteroatoms. The van der Waals surface area contributed by atoms with Crippen molar-refractivity contribution in [2.75, 3.05) is 19.6 Å². The van der Waals surface area contributed by atoms with Gasteiger partial charge in [-0.15, -0.1) is 0 Å². The molecule has 1 aromatic rings. The summed E-state index contributed by atoms with van der Waals surface area (Å²) in [6.45, 7) is 1.76. The molecule has 1 aliphatic rings. The highest BCUT2D eigenvalue weighted by Crippen LogP contribution is 2.11. The zero-order valence-corrected chi connectivity index (χ0v) is 13.4. The van der Waals surface area contributed by atoms with E-state index in [0.717, 1.165) is 30.3 Å². The zero-order valence-electron chi connectivity index (χ0n) is 11.8. The highest BCUT2D eigenvalue weighted by atomic mass is 79.9. The SMILES string of the molecule is O=C(NCCNC(=O)C1CCCCN1)c1cccc(Br)c1. The summed E-state index contributed by atoms with van der Waals surface area (Å²) < 4.78 is 0.867. The van der Waals surface area contributed by atoms with E-state index >= 15 is 0 Å². The Morgan fingerprint density at radius 1 is 1.24 bits per heavy atom. The van der Waals surface area contributed by atoms with E-state index in [4.69, 9.17) is 0 Å². The Hall–Kier alpha value is -1.40. The molecular formula is C15H20BrN3O2. The molecule has 0 radical (unpaired) electrons. The van der Waals surface area contributed by atoms with Crippen LogP contribution in [0.3, 0.4) is 0 Å². The maximum absolute atomic E-state index is 11.9. The lowest BCUT2D eigenvalue weighted by Crippen LogP contribution is -2.48. The highest BCUT2D eigenvalue weighted by Gasteiger charge is 2.19. The smallest absolute Gasteiger partial charge is 0.251 e. The van der Waals surface area contributed by atoms with Crippen LogP contribution >= 0.6 is 15.9 Å². The molecule has 1 aliphatic heterocycles. The molecule has 0 saturated carbocycles. The highest BCUT2D eigenvalue weighted by molar-refractivity contribution is 9.10. The summed E-state index contributed by atoms with van der Waals surface area (Å²) in [5, 5.41) is 8.83. The van der Waals surface area contributed by atoms with E-state index in [2.05, 4.69) is 31.9 Å². The molecule has 3 N–H and O–H groups in total. The number of piperidine rings is 1. The number of carbonyl (C=O) groups is 2. The molecule has 1 unspecified atom stereocenters. The quantitative estimate of drug-likeness (QED) is 0.701. The van der Waals surface area contributed by atoms with Gasteiger partial charge < -0.3 is 16.0 Å². The van der Waals surface area contributed by atoms with Crippen molar-refractivity contribution in [3.8, 4) is 0 Å². The molecule has 114 valence electrons. The number of halogens is 1. The summed E-state index contributed by atoms with van der Waals surface area (Å²) in [5.74, 6) is -0.118.